The fourth-order valence-corrected chi connectivity index (χ4v) is 1.64. The second-order valence-electron chi connectivity index (χ2n) is 4.14. The highest BCUT2D eigenvalue weighted by Crippen LogP contribution is 2.30. The average molecular weight is 294 g/mol. The van der Waals surface area contributed by atoms with Crippen LogP contribution in [-0.4, -0.2) is 75.1 Å². The van der Waals surface area contributed by atoms with E-state index in [1.165, 1.54) is 6.92 Å². The fourth-order valence-electron chi connectivity index (χ4n) is 1.64. The molecule has 9 heteroatoms. The van der Waals surface area contributed by atoms with E-state index < -0.39 is 48.7 Å². The van der Waals surface area contributed by atoms with Gasteiger partial charge in [-0.05, 0) is 13.5 Å². The third-order valence-corrected chi connectivity index (χ3v) is 2.70. The van der Waals surface area contributed by atoms with Crippen LogP contribution in [0.3, 0.4) is 0 Å². The van der Waals surface area contributed by atoms with E-state index in [1.54, 1.807) is 0 Å². The van der Waals surface area contributed by atoms with Gasteiger partial charge in [0, 0.05) is 0 Å². The first kappa shape index (κ1) is 16.8. The second kappa shape index (κ2) is 6.48. The van der Waals surface area contributed by atoms with Gasteiger partial charge in [0.2, 0.25) is 5.76 Å². The molecule has 116 valence electrons. The quantitative estimate of drug-likeness (QED) is 0.157. The number of ether oxygens (including phenoxy) is 3. The molecule has 0 aromatic rings. The van der Waals surface area contributed by atoms with Crippen molar-refractivity contribution in [2.24, 2.45) is 0 Å². The largest absolute Gasteiger partial charge is 0.460 e. The Kier molecular flexibility index (Phi) is 5.45. The maximum Gasteiger partial charge on any atom is 0.373 e. The standard InChI is InChI=1S/C11H18O9/c1-3-18-10(16)5(2)19-11(17)9(15)8(14)7(13)6(4-12)20-11/h6-9,12-15,17H,2-4H2,1H3/t6-,7-,8+,9-,11?/m1/s1. The van der Waals surface area contributed by atoms with Gasteiger partial charge in [-0.2, -0.15) is 0 Å². The van der Waals surface area contributed by atoms with Crippen molar-refractivity contribution >= 4 is 5.97 Å². The molecule has 0 saturated carbocycles. The number of carbonyl (C=O) groups excluding carboxylic acids is 1. The van der Waals surface area contributed by atoms with Crippen LogP contribution >= 0.6 is 0 Å². The van der Waals surface area contributed by atoms with Crippen molar-refractivity contribution in [3.63, 3.8) is 0 Å². The zero-order chi connectivity index (χ0) is 15.5. The number of esters is 1. The smallest absolute Gasteiger partial charge is 0.373 e. The minimum atomic E-state index is -2.85. The van der Waals surface area contributed by atoms with E-state index in [0.717, 1.165) is 0 Å². The normalized spacial score (nSPS) is 37.3. The molecule has 1 fully saturated rings. The molecule has 0 aromatic carbocycles. The zero-order valence-electron chi connectivity index (χ0n) is 10.8. The van der Waals surface area contributed by atoms with Crippen LogP contribution in [0.5, 0.6) is 0 Å². The number of carbonyl (C=O) groups is 1. The molecule has 1 rings (SSSR count). The van der Waals surface area contributed by atoms with E-state index in [2.05, 4.69) is 16.1 Å². The van der Waals surface area contributed by atoms with E-state index in [1.807, 2.05) is 0 Å². The summed E-state index contributed by atoms with van der Waals surface area (Å²) in [5.41, 5.74) is 0. The van der Waals surface area contributed by atoms with Crippen molar-refractivity contribution in [2.45, 2.75) is 37.3 Å². The molecule has 0 bridgehead atoms. The summed E-state index contributed by atoms with van der Waals surface area (Å²) in [4.78, 5) is 11.3. The highest BCUT2D eigenvalue weighted by atomic mass is 16.8. The summed E-state index contributed by atoms with van der Waals surface area (Å²) < 4.78 is 14.0. The van der Waals surface area contributed by atoms with E-state index in [4.69, 9.17) is 9.84 Å². The molecule has 0 aromatic heterocycles. The number of hydrogen-bond donors (Lipinski definition) is 5. The summed E-state index contributed by atoms with van der Waals surface area (Å²) >= 11 is 0. The molecule has 1 heterocycles. The Morgan fingerprint density at radius 1 is 1.35 bits per heavy atom. The van der Waals surface area contributed by atoms with Crippen molar-refractivity contribution in [1.82, 2.24) is 0 Å². The van der Waals surface area contributed by atoms with Gasteiger partial charge in [0.05, 0.1) is 13.2 Å². The molecular weight excluding hydrogens is 276 g/mol. The van der Waals surface area contributed by atoms with Gasteiger partial charge in [0.15, 0.2) is 6.10 Å². The van der Waals surface area contributed by atoms with E-state index in [-0.39, 0.29) is 6.61 Å². The van der Waals surface area contributed by atoms with Gasteiger partial charge in [0.25, 0.3) is 0 Å². The molecule has 20 heavy (non-hydrogen) atoms. The lowest BCUT2D eigenvalue weighted by Crippen LogP contribution is -2.66. The van der Waals surface area contributed by atoms with Crippen molar-refractivity contribution in [1.29, 1.82) is 0 Å². The van der Waals surface area contributed by atoms with Gasteiger partial charge in [-0.15, -0.1) is 0 Å². The Balaban J connectivity index is 2.84. The Labute approximate surface area is 114 Å². The summed E-state index contributed by atoms with van der Waals surface area (Å²) in [5, 5.41) is 47.6. The number of aliphatic hydroxyl groups excluding tert-OH is 4. The third-order valence-electron chi connectivity index (χ3n) is 2.70. The Morgan fingerprint density at radius 3 is 2.45 bits per heavy atom. The first-order chi connectivity index (χ1) is 9.26. The molecule has 0 radical (unpaired) electrons. The molecule has 5 N–H and O–H groups in total. The van der Waals surface area contributed by atoms with Crippen LogP contribution < -0.4 is 0 Å². The monoisotopic (exact) mass is 294 g/mol. The van der Waals surface area contributed by atoms with Crippen LogP contribution in [0.1, 0.15) is 6.92 Å². The molecule has 5 atom stereocenters. The molecule has 1 unspecified atom stereocenters. The van der Waals surface area contributed by atoms with E-state index >= 15 is 0 Å². The molecule has 1 aliphatic heterocycles. The lowest BCUT2D eigenvalue weighted by molar-refractivity contribution is -0.438. The molecule has 1 saturated heterocycles. The Hall–Kier alpha value is -1.23. The van der Waals surface area contributed by atoms with Gasteiger partial charge in [-0.3, -0.25) is 0 Å². The first-order valence-corrected chi connectivity index (χ1v) is 5.87. The van der Waals surface area contributed by atoms with Crippen molar-refractivity contribution in [3.8, 4) is 0 Å². The van der Waals surface area contributed by atoms with Crippen molar-refractivity contribution in [3.05, 3.63) is 12.3 Å². The summed E-state index contributed by atoms with van der Waals surface area (Å²) in [5.74, 6) is -4.53. The summed E-state index contributed by atoms with van der Waals surface area (Å²) in [7, 11) is 0. The predicted molar refractivity (Wildman–Crippen MR) is 61.8 cm³/mol. The van der Waals surface area contributed by atoms with Gasteiger partial charge < -0.3 is 39.7 Å². The Morgan fingerprint density at radius 2 is 1.95 bits per heavy atom. The summed E-state index contributed by atoms with van der Waals surface area (Å²) in [6.07, 6.45) is -7.02. The van der Waals surface area contributed by atoms with Crippen LogP contribution in [0.4, 0.5) is 0 Å². The van der Waals surface area contributed by atoms with Crippen LogP contribution in [0.15, 0.2) is 12.3 Å². The third kappa shape index (κ3) is 3.26. The van der Waals surface area contributed by atoms with E-state index in [9.17, 15) is 25.2 Å². The maximum atomic E-state index is 11.3. The summed E-state index contributed by atoms with van der Waals surface area (Å²) in [6.45, 7) is 3.99. The molecule has 0 spiro atoms. The maximum absolute atomic E-state index is 11.3. The number of rotatable bonds is 5. The van der Waals surface area contributed by atoms with E-state index in [0.29, 0.717) is 0 Å². The van der Waals surface area contributed by atoms with Gasteiger partial charge in [0.1, 0.15) is 18.3 Å². The molecular formula is C11H18O9. The second-order valence-corrected chi connectivity index (χ2v) is 4.14. The highest BCUT2D eigenvalue weighted by Gasteiger charge is 2.55. The topological polar surface area (TPSA) is 146 Å². The fraction of sp³-hybridized carbons (Fsp3) is 0.727. The van der Waals surface area contributed by atoms with Crippen LogP contribution in [0.25, 0.3) is 0 Å². The average Bonchev–Trinajstić information content (AvgIpc) is 2.41. The number of hydrogen-bond acceptors (Lipinski definition) is 9. The van der Waals surface area contributed by atoms with Crippen LogP contribution in [-0.2, 0) is 19.0 Å². The Bertz CT molecular complexity index is 369. The lowest BCUT2D eigenvalue weighted by Gasteiger charge is -2.44. The van der Waals surface area contributed by atoms with Crippen LogP contribution in [0, 0.1) is 0 Å². The molecule has 1 aliphatic rings. The SMILES string of the molecule is C=C(OC1(O)O[C@H](CO)[C@@H](O)[C@H](O)[C@H]1O)C(=O)OCC. The minimum Gasteiger partial charge on any atom is -0.460 e. The predicted octanol–water partition coefficient (Wildman–Crippen LogP) is -2.80. The van der Waals surface area contributed by atoms with Crippen LogP contribution in [0.2, 0.25) is 0 Å². The number of aliphatic hydroxyl groups is 5. The molecule has 9 nitrogen and oxygen atoms in total. The van der Waals surface area contributed by atoms with Gasteiger partial charge in [-0.25, -0.2) is 4.79 Å². The molecule has 0 aliphatic carbocycles. The lowest BCUT2D eigenvalue weighted by atomic mass is 9.98. The minimum absolute atomic E-state index is 0.0314. The van der Waals surface area contributed by atoms with Gasteiger partial charge in [-0.1, -0.05) is 0 Å². The molecule has 0 amide bonds. The van der Waals surface area contributed by atoms with Gasteiger partial charge >= 0.3 is 11.9 Å². The first-order valence-electron chi connectivity index (χ1n) is 5.87. The summed E-state index contributed by atoms with van der Waals surface area (Å²) in [6, 6.07) is 0. The highest BCUT2D eigenvalue weighted by molar-refractivity contribution is 5.85. The van der Waals surface area contributed by atoms with Crippen molar-refractivity contribution < 1.29 is 44.5 Å². The zero-order valence-corrected chi connectivity index (χ0v) is 10.8. The van der Waals surface area contributed by atoms with Crippen molar-refractivity contribution in [2.75, 3.05) is 13.2 Å².